The highest BCUT2D eigenvalue weighted by Gasteiger charge is 2.48. The second-order valence-corrected chi connectivity index (χ2v) is 21.3. The number of hydrogen-bond donors (Lipinski definition) is 2. The average Bonchev–Trinajstić information content (AvgIpc) is 3.92. The van der Waals surface area contributed by atoms with Crippen molar-refractivity contribution in [2.24, 2.45) is 16.7 Å². The highest BCUT2D eigenvalue weighted by molar-refractivity contribution is 7.59. The van der Waals surface area contributed by atoms with Crippen molar-refractivity contribution in [1.82, 2.24) is 45.0 Å². The molecule has 1 spiro atoms. The van der Waals surface area contributed by atoms with Gasteiger partial charge in [-0.1, -0.05) is 40.3 Å². The van der Waals surface area contributed by atoms with Gasteiger partial charge in [0.2, 0.25) is 5.91 Å². The number of thiazole rings is 1. The molecule has 0 saturated carbocycles. The number of piperidine rings is 1. The highest BCUT2D eigenvalue weighted by atomic mass is 32.1. The highest BCUT2D eigenvalue weighted by Crippen LogP contribution is 2.43. The number of halogens is 1. The van der Waals surface area contributed by atoms with Crippen molar-refractivity contribution in [1.29, 1.82) is 0 Å². The van der Waals surface area contributed by atoms with Crippen molar-refractivity contribution in [2.45, 2.75) is 111 Å². The van der Waals surface area contributed by atoms with Crippen LogP contribution in [0.5, 0.6) is 0 Å². The molecular weight excluding hydrogens is 1030 g/mol. The third kappa shape index (κ3) is 12.7. The smallest absolute Gasteiger partial charge is 0.324 e. The van der Waals surface area contributed by atoms with E-state index in [2.05, 4.69) is 66.9 Å². The van der Waals surface area contributed by atoms with Crippen LogP contribution in [0.15, 0.2) is 54.3 Å². The molecule has 16 nitrogen and oxygen atoms in total. The summed E-state index contributed by atoms with van der Waals surface area (Å²) in [7, 11) is 3.28. The number of ether oxygens (including phenoxy) is 2. The van der Waals surface area contributed by atoms with Gasteiger partial charge in [-0.05, 0) is 81.7 Å². The summed E-state index contributed by atoms with van der Waals surface area (Å²) >= 11 is 1.40. The maximum absolute atomic E-state index is 14.7. The molecule has 1 aromatic carbocycles. The normalized spacial score (nSPS) is 20.2. The fourth-order valence-electron chi connectivity index (χ4n) is 10.7. The lowest BCUT2D eigenvalue weighted by molar-refractivity contribution is -0.155. The zero-order chi connectivity index (χ0) is 49.5. The number of amides is 5. The van der Waals surface area contributed by atoms with Crippen molar-refractivity contribution in [3.63, 3.8) is 0 Å². The fourth-order valence-corrected chi connectivity index (χ4v) is 11.5. The molecule has 8 rings (SSSR count). The second-order valence-electron chi connectivity index (χ2n) is 20.4. The maximum Gasteiger partial charge on any atom is 0.324 e. The number of fused-ring (bicyclic) bond motifs is 6. The SMILES string of the molecule is C=C(F)C(=O)N1CC2(CCN(C(=O)N(C)[C@H](C(=O)N[C@H]3Cc4nc(cs4)-c4ccc5c(c4)c(c(-c4cccnc4[C@H](C)OC)n5CC)CC(C)(C)COC(=O)[C@@H]4CCCN(N4)C3=O)C(C)C)CC2)C1.S.S.S.S. The van der Waals surface area contributed by atoms with Crippen molar-refractivity contribution in [3.05, 3.63) is 70.6 Å². The number of hydrogen-bond acceptors (Lipinski definition) is 11. The summed E-state index contributed by atoms with van der Waals surface area (Å²) in [6.45, 7) is 17.9. The molecule has 22 heteroatoms. The van der Waals surface area contributed by atoms with E-state index in [1.165, 1.54) is 26.1 Å². The van der Waals surface area contributed by atoms with Crippen molar-refractivity contribution >= 4 is 106 Å². The van der Waals surface area contributed by atoms with Crippen LogP contribution in [0.4, 0.5) is 9.18 Å². The number of nitrogens with zero attached hydrogens (tertiary/aromatic N) is 7. The number of aromatic nitrogens is 3. The zero-order valence-corrected chi connectivity index (χ0v) is 47.9. The van der Waals surface area contributed by atoms with Crippen LogP contribution in [0, 0.1) is 16.7 Å². The zero-order valence-electron chi connectivity index (χ0n) is 43.1. The number of methoxy groups -OCH3 is 1. The van der Waals surface area contributed by atoms with E-state index >= 15 is 0 Å². The summed E-state index contributed by atoms with van der Waals surface area (Å²) in [6, 6.07) is 7.23. The third-order valence-electron chi connectivity index (χ3n) is 14.4. The molecule has 4 atom stereocenters. The molecule has 4 aromatic rings. The summed E-state index contributed by atoms with van der Waals surface area (Å²) in [5.41, 5.74) is 9.02. The molecule has 3 fully saturated rings. The molecule has 4 aliphatic heterocycles. The Hall–Kier alpha value is -4.32. The summed E-state index contributed by atoms with van der Waals surface area (Å²) in [4.78, 5) is 83.8. The molecule has 3 saturated heterocycles. The summed E-state index contributed by atoms with van der Waals surface area (Å²) < 4.78 is 27.7. The van der Waals surface area contributed by atoms with E-state index in [-0.39, 0.29) is 90.5 Å². The lowest BCUT2D eigenvalue weighted by Crippen LogP contribution is -2.64. The van der Waals surface area contributed by atoms with Gasteiger partial charge < -0.3 is 34.1 Å². The predicted molar refractivity (Wildman–Crippen MR) is 303 cm³/mol. The Morgan fingerprint density at radius 3 is 2.40 bits per heavy atom. The van der Waals surface area contributed by atoms with Gasteiger partial charge in [0.05, 0.1) is 34.8 Å². The first kappa shape index (κ1) is 61.2. The first-order valence-corrected chi connectivity index (χ1v) is 25.0. The molecule has 73 heavy (non-hydrogen) atoms. The number of likely N-dealkylation sites (N-methyl/N-ethyl adjacent to an activating group) is 1. The van der Waals surface area contributed by atoms with E-state index in [9.17, 15) is 28.4 Å². The Labute approximate surface area is 460 Å². The van der Waals surface area contributed by atoms with E-state index in [0.29, 0.717) is 76.4 Å². The molecule has 2 N–H and O–H groups in total. The first-order valence-electron chi connectivity index (χ1n) is 24.1. The minimum atomic E-state index is -1.10. The average molecular weight is 1100 g/mol. The van der Waals surface area contributed by atoms with Crippen molar-refractivity contribution in [3.8, 4) is 22.5 Å². The van der Waals surface area contributed by atoms with Crippen molar-refractivity contribution < 1.29 is 37.8 Å². The third-order valence-corrected chi connectivity index (χ3v) is 15.3. The Kier molecular flexibility index (Phi) is 21.0. The van der Waals surface area contributed by atoms with Crippen LogP contribution in [-0.4, -0.2) is 136 Å². The van der Waals surface area contributed by atoms with Crippen LogP contribution >= 0.6 is 65.3 Å². The summed E-state index contributed by atoms with van der Waals surface area (Å²) in [6.07, 6.45) is 4.41. The molecule has 0 aliphatic carbocycles. The van der Waals surface area contributed by atoms with E-state index in [1.807, 2.05) is 32.2 Å². The Morgan fingerprint density at radius 1 is 1.05 bits per heavy atom. The van der Waals surface area contributed by atoms with Gasteiger partial charge in [-0.15, -0.1) is 11.3 Å². The van der Waals surface area contributed by atoms with Gasteiger partial charge >= 0.3 is 12.0 Å². The molecule has 0 radical (unpaired) electrons. The van der Waals surface area contributed by atoms with Crippen LogP contribution in [0.1, 0.15) is 89.6 Å². The molecule has 3 aromatic heterocycles. The molecular formula is C51H74FN9O7S5. The van der Waals surface area contributed by atoms with Gasteiger partial charge in [-0.25, -0.2) is 19.6 Å². The van der Waals surface area contributed by atoms with Gasteiger partial charge in [-0.2, -0.15) is 54.0 Å². The van der Waals surface area contributed by atoms with Crippen LogP contribution in [0.2, 0.25) is 0 Å². The number of nitrogens with one attached hydrogen (secondary N) is 2. The molecule has 7 heterocycles. The number of likely N-dealkylation sites (tertiary alicyclic amines) is 2. The molecule has 5 amide bonds. The van der Waals surface area contributed by atoms with Crippen LogP contribution < -0.4 is 10.7 Å². The molecule has 6 bridgehead atoms. The van der Waals surface area contributed by atoms with Gasteiger partial charge in [0, 0.05) is 104 Å². The van der Waals surface area contributed by atoms with E-state index in [0.717, 1.165) is 44.7 Å². The van der Waals surface area contributed by atoms with Gasteiger partial charge in [-0.3, -0.25) is 29.2 Å². The minimum Gasteiger partial charge on any atom is -0.464 e. The number of pyridine rings is 1. The second kappa shape index (κ2) is 25.0. The number of benzene rings is 1. The number of urea groups is 1. The van der Waals surface area contributed by atoms with Crippen molar-refractivity contribution in [2.75, 3.05) is 53.5 Å². The Bertz CT molecular complexity index is 2650. The molecule has 4 aliphatic rings. The number of aryl methyl sites for hydroxylation is 1. The van der Waals surface area contributed by atoms with E-state index in [1.54, 1.807) is 25.3 Å². The maximum atomic E-state index is 14.7. The predicted octanol–water partition coefficient (Wildman–Crippen LogP) is 7.14. The first-order chi connectivity index (χ1) is 32.8. The van der Waals surface area contributed by atoms with Crippen LogP contribution in [0.3, 0.4) is 0 Å². The number of rotatable bonds is 9. The lowest BCUT2D eigenvalue weighted by atomic mass is 9.72. The van der Waals surface area contributed by atoms with E-state index in [4.69, 9.17) is 19.4 Å². The summed E-state index contributed by atoms with van der Waals surface area (Å²) in [5.74, 6) is -3.40. The minimum absolute atomic E-state index is 0. The Morgan fingerprint density at radius 2 is 1.75 bits per heavy atom. The summed E-state index contributed by atoms with van der Waals surface area (Å²) in [5, 5.41) is 8.08. The monoisotopic (exact) mass is 1100 g/mol. The standard InChI is InChI=1S/C51H66FN9O7S.4H2S/c1-10-60-40-16-15-33-23-35(40)36(44(60)34-13-11-19-53-42(34)32(5)67-9)25-50(6,7)29-68-48(65)37-14-12-20-61(56-37)47(64)38(24-41-54-39(33)26-69-41)55-45(62)43(30(2)3)57(8)49(66)58-21-17-51(18-22-58)27-59(28-51)46(63)31(4)52;;;;/h11,13,15-16,19,23,26,30,32,37-38,43,56H,4,10,12,14,17-18,20-22,24-25,27-29H2,1-3,5-9H3,(H,55,62);4*1H2/t32-,37-,38-,43-;;;;/m0..../s1. The van der Waals surface area contributed by atoms with Crippen LogP contribution in [-0.2, 0) is 48.0 Å². The number of carbonyl (C=O) groups excluding carboxylic acids is 5. The van der Waals surface area contributed by atoms with Crippen LogP contribution in [0.25, 0.3) is 33.4 Å². The topological polar surface area (TPSA) is 172 Å². The molecule has 0 unspecified atom stereocenters. The van der Waals surface area contributed by atoms with Gasteiger partial charge in [0.15, 0.2) is 5.83 Å². The quantitative estimate of drug-likeness (QED) is 0.130. The number of esters is 1. The van der Waals surface area contributed by atoms with Gasteiger partial charge in [0.25, 0.3) is 11.8 Å². The van der Waals surface area contributed by atoms with E-state index < -0.39 is 53.1 Å². The molecule has 402 valence electrons. The number of hydrazine groups is 1. The number of cyclic esters (lactones) is 1. The van der Waals surface area contributed by atoms with Gasteiger partial charge in [0.1, 0.15) is 18.1 Å². The lowest BCUT2D eigenvalue weighted by Gasteiger charge is -2.54. The fraction of sp³-hybridized carbons (Fsp3) is 0.549. The largest absolute Gasteiger partial charge is 0.464 e. The number of carbonyl (C=O) groups is 5. The Balaban J connectivity index is 0.00000289.